The normalized spacial score (nSPS) is 21.1. The third-order valence-electron chi connectivity index (χ3n) is 5.33. The predicted octanol–water partition coefficient (Wildman–Crippen LogP) is 1.68. The van der Waals surface area contributed by atoms with Crippen molar-refractivity contribution in [2.24, 2.45) is 5.92 Å². The van der Waals surface area contributed by atoms with Gasteiger partial charge in [-0.05, 0) is 63.4 Å². The molecule has 0 aromatic heterocycles. The van der Waals surface area contributed by atoms with Crippen LogP contribution in [0.15, 0.2) is 29.2 Å². The van der Waals surface area contributed by atoms with Crippen molar-refractivity contribution in [3.8, 4) is 0 Å². The molecule has 0 radical (unpaired) electrons. The van der Waals surface area contributed by atoms with Crippen molar-refractivity contribution in [3.63, 3.8) is 0 Å². The third-order valence-corrected chi connectivity index (χ3v) is 7.25. The van der Waals surface area contributed by atoms with Crippen LogP contribution in [0.5, 0.6) is 0 Å². The van der Waals surface area contributed by atoms with Crippen LogP contribution in [0.1, 0.15) is 32.6 Å². The summed E-state index contributed by atoms with van der Waals surface area (Å²) in [6, 6.07) is 6.28. The van der Waals surface area contributed by atoms with Crippen LogP contribution in [0.4, 0.5) is 5.69 Å². The summed E-state index contributed by atoms with van der Waals surface area (Å²) in [6.07, 6.45) is 3.41. The van der Waals surface area contributed by atoms with Crippen molar-refractivity contribution < 1.29 is 22.7 Å². The van der Waals surface area contributed by atoms with Crippen molar-refractivity contribution in [2.75, 3.05) is 44.6 Å². The Balaban J connectivity index is 1.53. The van der Waals surface area contributed by atoms with Crippen LogP contribution in [-0.4, -0.2) is 68.8 Å². The molecular weight excluding hydrogens is 394 g/mol. The van der Waals surface area contributed by atoms with Gasteiger partial charge in [0.05, 0.1) is 24.0 Å². The lowest BCUT2D eigenvalue weighted by atomic mass is 9.98. The standard InChI is InChI=1S/C20H29N3O5S/c1-2-28-20(25)16-6-5-11-22(14-16)15-19(24)21-17-7-9-18(10-8-17)29(26,27)23-12-3-4-13-23/h7-10,16H,2-6,11-15H2,1H3,(H,21,24)/t16-/m0/s1. The maximum absolute atomic E-state index is 12.6. The van der Waals surface area contributed by atoms with Crippen molar-refractivity contribution in [2.45, 2.75) is 37.5 Å². The number of ether oxygens (including phenoxy) is 1. The number of esters is 1. The molecule has 2 heterocycles. The van der Waals surface area contributed by atoms with Gasteiger partial charge >= 0.3 is 5.97 Å². The molecule has 0 spiro atoms. The number of sulfonamides is 1. The van der Waals surface area contributed by atoms with Gasteiger partial charge in [0, 0.05) is 25.3 Å². The van der Waals surface area contributed by atoms with Crippen LogP contribution in [-0.2, 0) is 24.3 Å². The Morgan fingerprint density at radius 3 is 2.45 bits per heavy atom. The summed E-state index contributed by atoms with van der Waals surface area (Å²) in [4.78, 5) is 26.5. The van der Waals surface area contributed by atoms with Gasteiger partial charge in [-0.3, -0.25) is 14.5 Å². The molecule has 1 aromatic carbocycles. The Hall–Kier alpha value is -1.97. The molecule has 3 rings (SSSR count). The molecule has 0 unspecified atom stereocenters. The zero-order chi connectivity index (χ0) is 20.9. The minimum atomic E-state index is -3.46. The summed E-state index contributed by atoms with van der Waals surface area (Å²) < 4.78 is 31.7. The second-order valence-electron chi connectivity index (χ2n) is 7.51. The monoisotopic (exact) mass is 423 g/mol. The zero-order valence-corrected chi connectivity index (χ0v) is 17.6. The molecule has 2 saturated heterocycles. The van der Waals surface area contributed by atoms with Crippen molar-refractivity contribution in [1.29, 1.82) is 0 Å². The molecule has 8 nitrogen and oxygen atoms in total. The van der Waals surface area contributed by atoms with Gasteiger partial charge in [0.15, 0.2) is 0 Å². The lowest BCUT2D eigenvalue weighted by Gasteiger charge is -2.30. The summed E-state index contributed by atoms with van der Waals surface area (Å²) in [7, 11) is -3.46. The van der Waals surface area contributed by atoms with Gasteiger partial charge in [-0.2, -0.15) is 4.31 Å². The highest BCUT2D eigenvalue weighted by Crippen LogP contribution is 2.22. The number of nitrogens with zero attached hydrogens (tertiary/aromatic N) is 2. The van der Waals surface area contributed by atoms with E-state index in [9.17, 15) is 18.0 Å². The molecule has 1 atom stereocenters. The minimum Gasteiger partial charge on any atom is -0.466 e. The molecule has 2 aliphatic rings. The van der Waals surface area contributed by atoms with Crippen LogP contribution in [0.2, 0.25) is 0 Å². The van der Waals surface area contributed by atoms with Crippen LogP contribution >= 0.6 is 0 Å². The Morgan fingerprint density at radius 1 is 1.10 bits per heavy atom. The number of likely N-dealkylation sites (tertiary alicyclic amines) is 1. The number of amides is 1. The van der Waals surface area contributed by atoms with Crippen LogP contribution in [0.3, 0.4) is 0 Å². The highest BCUT2D eigenvalue weighted by Gasteiger charge is 2.28. The van der Waals surface area contributed by atoms with E-state index in [2.05, 4.69) is 5.32 Å². The number of hydrogen-bond donors (Lipinski definition) is 1. The van der Waals surface area contributed by atoms with E-state index in [1.54, 1.807) is 19.1 Å². The molecule has 0 bridgehead atoms. The van der Waals surface area contributed by atoms with E-state index in [0.29, 0.717) is 31.9 Å². The molecule has 9 heteroatoms. The summed E-state index contributed by atoms with van der Waals surface area (Å²) in [6.45, 7) is 4.72. The summed E-state index contributed by atoms with van der Waals surface area (Å²) in [5.74, 6) is -0.580. The summed E-state index contributed by atoms with van der Waals surface area (Å²) in [5, 5.41) is 2.80. The Kier molecular flexibility index (Phi) is 7.26. The SMILES string of the molecule is CCOC(=O)[C@H]1CCCN(CC(=O)Nc2ccc(S(=O)(=O)N3CCCC3)cc2)C1. The third kappa shape index (κ3) is 5.55. The lowest BCUT2D eigenvalue weighted by molar-refractivity contribution is -0.150. The molecule has 2 aliphatic heterocycles. The molecule has 1 aromatic rings. The highest BCUT2D eigenvalue weighted by atomic mass is 32.2. The fraction of sp³-hybridized carbons (Fsp3) is 0.600. The van der Waals surface area contributed by atoms with Gasteiger partial charge in [0.2, 0.25) is 15.9 Å². The van der Waals surface area contributed by atoms with E-state index in [1.165, 1.54) is 16.4 Å². The van der Waals surface area contributed by atoms with Gasteiger partial charge in [-0.25, -0.2) is 8.42 Å². The van der Waals surface area contributed by atoms with Crippen LogP contribution < -0.4 is 5.32 Å². The van der Waals surface area contributed by atoms with E-state index in [1.807, 2.05) is 4.90 Å². The van der Waals surface area contributed by atoms with E-state index in [4.69, 9.17) is 4.74 Å². The van der Waals surface area contributed by atoms with E-state index in [0.717, 1.165) is 32.2 Å². The smallest absolute Gasteiger partial charge is 0.310 e. The Labute approximate surface area is 172 Å². The number of rotatable bonds is 7. The topological polar surface area (TPSA) is 96.0 Å². The number of piperidine rings is 1. The van der Waals surface area contributed by atoms with Gasteiger partial charge in [0.25, 0.3) is 0 Å². The maximum atomic E-state index is 12.6. The van der Waals surface area contributed by atoms with Gasteiger partial charge in [0.1, 0.15) is 0 Å². The minimum absolute atomic E-state index is 0.184. The first-order valence-corrected chi connectivity index (χ1v) is 11.6. The number of carbonyl (C=O) groups is 2. The average molecular weight is 424 g/mol. The summed E-state index contributed by atoms with van der Waals surface area (Å²) in [5.41, 5.74) is 0.550. The molecule has 1 amide bonds. The molecule has 29 heavy (non-hydrogen) atoms. The second kappa shape index (κ2) is 9.69. The molecule has 160 valence electrons. The van der Waals surface area contributed by atoms with E-state index >= 15 is 0 Å². The van der Waals surface area contributed by atoms with Gasteiger partial charge < -0.3 is 10.1 Å². The number of nitrogens with one attached hydrogen (secondary N) is 1. The summed E-state index contributed by atoms with van der Waals surface area (Å²) >= 11 is 0. The first-order valence-electron chi connectivity index (χ1n) is 10.2. The fourth-order valence-electron chi connectivity index (χ4n) is 3.84. The highest BCUT2D eigenvalue weighted by molar-refractivity contribution is 7.89. The molecular formula is C20H29N3O5S. The Bertz CT molecular complexity index is 819. The van der Waals surface area contributed by atoms with Gasteiger partial charge in [-0.15, -0.1) is 0 Å². The van der Waals surface area contributed by atoms with Gasteiger partial charge in [-0.1, -0.05) is 0 Å². The lowest BCUT2D eigenvalue weighted by Crippen LogP contribution is -2.43. The molecule has 0 saturated carbocycles. The second-order valence-corrected chi connectivity index (χ2v) is 9.45. The van der Waals surface area contributed by atoms with Crippen molar-refractivity contribution in [3.05, 3.63) is 24.3 Å². The Morgan fingerprint density at radius 2 is 1.79 bits per heavy atom. The largest absolute Gasteiger partial charge is 0.466 e. The maximum Gasteiger partial charge on any atom is 0.310 e. The predicted molar refractivity (Wildman–Crippen MR) is 109 cm³/mol. The zero-order valence-electron chi connectivity index (χ0n) is 16.8. The number of hydrogen-bond acceptors (Lipinski definition) is 6. The first kappa shape index (κ1) is 21.7. The first-order chi connectivity index (χ1) is 13.9. The van der Waals surface area contributed by atoms with E-state index < -0.39 is 10.0 Å². The number of carbonyl (C=O) groups excluding carboxylic acids is 2. The van der Waals surface area contributed by atoms with E-state index in [-0.39, 0.29) is 29.2 Å². The van der Waals surface area contributed by atoms with Crippen LogP contribution in [0, 0.1) is 5.92 Å². The van der Waals surface area contributed by atoms with Crippen molar-refractivity contribution in [1.82, 2.24) is 9.21 Å². The quantitative estimate of drug-likeness (QED) is 0.671. The number of anilines is 1. The average Bonchev–Trinajstić information content (AvgIpc) is 3.24. The molecule has 2 fully saturated rings. The fourth-order valence-corrected chi connectivity index (χ4v) is 5.36. The molecule has 0 aliphatic carbocycles. The number of benzene rings is 1. The van der Waals surface area contributed by atoms with Crippen molar-refractivity contribution >= 4 is 27.6 Å². The molecule has 1 N–H and O–H groups in total. The van der Waals surface area contributed by atoms with Crippen LogP contribution in [0.25, 0.3) is 0 Å².